The van der Waals surface area contributed by atoms with Crippen molar-refractivity contribution in [2.24, 2.45) is 5.41 Å². The first-order chi connectivity index (χ1) is 17.6. The molecular weight excluding hydrogens is 503 g/mol. The number of rotatable bonds is 7. The molecule has 8 nitrogen and oxygen atoms in total. The summed E-state index contributed by atoms with van der Waals surface area (Å²) in [7, 11) is 0. The van der Waals surface area contributed by atoms with Crippen LogP contribution in [0.1, 0.15) is 52.5 Å². The highest BCUT2D eigenvalue weighted by Crippen LogP contribution is 2.32. The maximum absolute atomic E-state index is 13.3. The third-order valence-corrected chi connectivity index (χ3v) is 5.96. The number of likely N-dealkylation sites (tertiary alicyclic amines) is 1. The monoisotopic (exact) mass is 537 g/mol. The predicted octanol–water partition coefficient (Wildman–Crippen LogP) is 5.29. The quantitative estimate of drug-likeness (QED) is 0.516. The van der Waals surface area contributed by atoms with E-state index in [0.29, 0.717) is 19.5 Å². The van der Waals surface area contributed by atoms with E-state index in [2.05, 4.69) is 15.0 Å². The fourth-order valence-electron chi connectivity index (χ4n) is 4.02. The number of piperidine rings is 1. The van der Waals surface area contributed by atoms with Crippen LogP contribution < -0.4 is 14.8 Å². The molecule has 2 heterocycles. The third-order valence-electron chi connectivity index (χ3n) is 5.96. The van der Waals surface area contributed by atoms with Crippen molar-refractivity contribution in [3.8, 4) is 11.6 Å². The number of nitrogens with one attached hydrogen (secondary N) is 1. The lowest BCUT2D eigenvalue weighted by atomic mass is 9.84. The van der Waals surface area contributed by atoms with Gasteiger partial charge in [-0.2, -0.15) is 0 Å². The fraction of sp³-hybridized carbons (Fsp3) is 0.519. The maximum atomic E-state index is 13.3. The topological polar surface area (TPSA) is 90.0 Å². The molecule has 1 N–H and O–H groups in total. The van der Waals surface area contributed by atoms with Crippen molar-refractivity contribution in [3.05, 3.63) is 54.2 Å². The predicted molar refractivity (Wildman–Crippen MR) is 134 cm³/mol. The zero-order chi connectivity index (χ0) is 28.1. The van der Waals surface area contributed by atoms with Crippen LogP contribution in [0.5, 0.6) is 11.6 Å². The molecule has 0 aliphatic carbocycles. The SMILES string of the molecule is CC(C)(C)OC(=O)N1CCC(NC(=O)C(C)(C)COc2ncccc2OC(F)(F)F)C(c2ccccc2)C1. The van der Waals surface area contributed by atoms with Crippen LogP contribution in [0.3, 0.4) is 0 Å². The molecule has 2 amide bonds. The molecule has 1 aromatic heterocycles. The Morgan fingerprint density at radius 2 is 1.74 bits per heavy atom. The Kier molecular flexibility index (Phi) is 8.79. The number of carbonyl (C=O) groups is 2. The molecule has 1 aromatic carbocycles. The molecule has 208 valence electrons. The van der Waals surface area contributed by atoms with Crippen LogP contribution in [0.4, 0.5) is 18.0 Å². The van der Waals surface area contributed by atoms with Gasteiger partial charge in [0.2, 0.25) is 5.91 Å². The van der Waals surface area contributed by atoms with E-state index >= 15 is 0 Å². The normalized spacial score (nSPS) is 18.5. The van der Waals surface area contributed by atoms with Crippen LogP contribution in [0, 0.1) is 5.41 Å². The van der Waals surface area contributed by atoms with Crippen molar-refractivity contribution in [2.75, 3.05) is 19.7 Å². The number of hydrogen-bond donors (Lipinski definition) is 1. The van der Waals surface area contributed by atoms with E-state index in [1.807, 2.05) is 30.3 Å². The summed E-state index contributed by atoms with van der Waals surface area (Å²) in [5.41, 5.74) is -0.786. The summed E-state index contributed by atoms with van der Waals surface area (Å²) in [6.45, 7) is 9.18. The van der Waals surface area contributed by atoms with E-state index in [0.717, 1.165) is 11.6 Å². The molecule has 1 aliphatic heterocycles. The van der Waals surface area contributed by atoms with E-state index < -0.39 is 29.2 Å². The molecular formula is C27H34F3N3O5. The van der Waals surface area contributed by atoms with Crippen molar-refractivity contribution in [1.82, 2.24) is 15.2 Å². The number of alkyl halides is 3. The highest BCUT2D eigenvalue weighted by molar-refractivity contribution is 5.82. The average Bonchev–Trinajstić information content (AvgIpc) is 2.82. The van der Waals surface area contributed by atoms with Crippen LogP contribution >= 0.6 is 0 Å². The van der Waals surface area contributed by atoms with Crippen molar-refractivity contribution >= 4 is 12.0 Å². The van der Waals surface area contributed by atoms with Crippen LogP contribution in [-0.2, 0) is 9.53 Å². The van der Waals surface area contributed by atoms with Gasteiger partial charge in [0.05, 0.1) is 5.41 Å². The number of benzene rings is 1. The first kappa shape index (κ1) is 29.1. The lowest BCUT2D eigenvalue weighted by molar-refractivity contribution is -0.275. The number of ether oxygens (including phenoxy) is 3. The third kappa shape index (κ3) is 8.26. The van der Waals surface area contributed by atoms with Gasteiger partial charge in [-0.25, -0.2) is 9.78 Å². The minimum Gasteiger partial charge on any atom is -0.474 e. The summed E-state index contributed by atoms with van der Waals surface area (Å²) in [6.07, 6.45) is -3.56. The molecule has 1 aliphatic rings. The Bertz CT molecular complexity index is 1100. The fourth-order valence-corrected chi connectivity index (χ4v) is 4.02. The molecule has 1 saturated heterocycles. The number of hydrogen-bond acceptors (Lipinski definition) is 6. The molecule has 2 atom stereocenters. The van der Waals surface area contributed by atoms with E-state index in [9.17, 15) is 22.8 Å². The van der Waals surface area contributed by atoms with Gasteiger partial charge < -0.3 is 24.4 Å². The van der Waals surface area contributed by atoms with Crippen molar-refractivity contribution in [2.45, 2.75) is 65.0 Å². The van der Waals surface area contributed by atoms with E-state index in [1.165, 1.54) is 12.3 Å². The smallest absolute Gasteiger partial charge is 0.474 e. The van der Waals surface area contributed by atoms with Crippen molar-refractivity contribution < 1.29 is 37.0 Å². The Hall–Kier alpha value is -3.50. The summed E-state index contributed by atoms with van der Waals surface area (Å²) in [5.74, 6) is -1.49. The summed E-state index contributed by atoms with van der Waals surface area (Å²) < 4.78 is 53.2. The number of amides is 2. The second kappa shape index (κ2) is 11.5. The Morgan fingerprint density at radius 1 is 1.05 bits per heavy atom. The van der Waals surface area contributed by atoms with Gasteiger partial charge >= 0.3 is 12.5 Å². The van der Waals surface area contributed by atoms with E-state index in [-0.39, 0.29) is 30.4 Å². The first-order valence-corrected chi connectivity index (χ1v) is 12.3. The molecule has 3 rings (SSSR count). The largest absolute Gasteiger partial charge is 0.573 e. The molecule has 2 aromatic rings. The van der Waals surface area contributed by atoms with Crippen molar-refractivity contribution in [3.63, 3.8) is 0 Å². The molecule has 38 heavy (non-hydrogen) atoms. The molecule has 0 bridgehead atoms. The minimum absolute atomic E-state index is 0.194. The van der Waals surface area contributed by atoms with Gasteiger partial charge in [0.1, 0.15) is 12.2 Å². The summed E-state index contributed by atoms with van der Waals surface area (Å²) >= 11 is 0. The number of nitrogens with zero attached hydrogens (tertiary/aromatic N) is 2. The zero-order valence-corrected chi connectivity index (χ0v) is 22.2. The molecule has 0 saturated carbocycles. The van der Waals surface area contributed by atoms with Gasteiger partial charge in [0.15, 0.2) is 5.75 Å². The Labute approximate surface area is 220 Å². The van der Waals surface area contributed by atoms with Gasteiger partial charge in [-0.05, 0) is 58.7 Å². The Balaban J connectivity index is 1.70. The molecule has 11 heteroatoms. The summed E-state index contributed by atoms with van der Waals surface area (Å²) in [5, 5.41) is 3.08. The zero-order valence-electron chi connectivity index (χ0n) is 22.2. The van der Waals surface area contributed by atoms with Crippen LogP contribution in [0.25, 0.3) is 0 Å². The van der Waals surface area contributed by atoms with E-state index in [1.54, 1.807) is 39.5 Å². The summed E-state index contributed by atoms with van der Waals surface area (Å²) in [4.78, 5) is 31.5. The van der Waals surface area contributed by atoms with Gasteiger partial charge in [-0.3, -0.25) is 4.79 Å². The van der Waals surface area contributed by atoms with Crippen molar-refractivity contribution in [1.29, 1.82) is 0 Å². The second-order valence-electron chi connectivity index (χ2n) is 10.8. The number of pyridine rings is 1. The number of aromatic nitrogens is 1. The van der Waals surface area contributed by atoms with Crippen LogP contribution in [0.15, 0.2) is 48.7 Å². The van der Waals surface area contributed by atoms with E-state index in [4.69, 9.17) is 9.47 Å². The highest BCUT2D eigenvalue weighted by Gasteiger charge is 2.39. The highest BCUT2D eigenvalue weighted by atomic mass is 19.4. The summed E-state index contributed by atoms with van der Waals surface area (Å²) in [6, 6.07) is 11.7. The van der Waals surface area contributed by atoms with Gasteiger partial charge in [-0.1, -0.05) is 30.3 Å². The number of halogens is 3. The van der Waals surface area contributed by atoms with Gasteiger partial charge in [0, 0.05) is 31.2 Å². The second-order valence-corrected chi connectivity index (χ2v) is 10.8. The molecule has 0 spiro atoms. The lowest BCUT2D eigenvalue weighted by Gasteiger charge is -2.40. The Morgan fingerprint density at radius 3 is 2.37 bits per heavy atom. The average molecular weight is 538 g/mol. The van der Waals surface area contributed by atoms with Crippen LogP contribution in [-0.4, -0.2) is 59.6 Å². The lowest BCUT2D eigenvalue weighted by Crippen LogP contribution is -2.54. The van der Waals surface area contributed by atoms with Gasteiger partial charge in [0.25, 0.3) is 5.88 Å². The van der Waals surface area contributed by atoms with Gasteiger partial charge in [-0.15, -0.1) is 13.2 Å². The number of carbonyl (C=O) groups excluding carboxylic acids is 2. The molecule has 0 radical (unpaired) electrons. The maximum Gasteiger partial charge on any atom is 0.573 e. The minimum atomic E-state index is -4.91. The molecule has 1 fully saturated rings. The standard InChI is InChI=1S/C27H34F3N3O5/c1-25(2,3)38-24(35)33-15-13-20(19(16-33)18-10-7-6-8-11-18)32-23(34)26(4,5)17-36-22-21(12-9-14-31-22)37-27(28,29)30/h6-12,14,19-20H,13,15-17H2,1-5H3,(H,32,34). The first-order valence-electron chi connectivity index (χ1n) is 12.3. The van der Waals surface area contributed by atoms with Crippen LogP contribution in [0.2, 0.25) is 0 Å². The molecule has 2 unspecified atom stereocenters.